The van der Waals surface area contributed by atoms with Crippen molar-refractivity contribution in [3.8, 4) is 0 Å². The van der Waals surface area contributed by atoms with Gasteiger partial charge in [-0.05, 0) is 64.0 Å². The molecule has 3 aliphatic heterocycles. The number of aliphatic hydroxyl groups excluding tert-OH is 1. The molecule has 3 amide bonds. The fourth-order valence-corrected chi connectivity index (χ4v) is 9.77. The molecule has 218 valence electrons. The fourth-order valence-electron chi connectivity index (χ4n) is 7.43. The molecule has 1 aromatic rings. The molecule has 7 nitrogen and oxygen atoms in total. The Bertz CT molecular complexity index is 1150. The Morgan fingerprint density at radius 3 is 2.40 bits per heavy atom. The van der Waals surface area contributed by atoms with Gasteiger partial charge in [0.05, 0.1) is 16.6 Å². The molecule has 3 aliphatic rings. The van der Waals surface area contributed by atoms with Crippen LogP contribution >= 0.6 is 11.8 Å². The van der Waals surface area contributed by atoms with E-state index in [4.69, 9.17) is 0 Å². The van der Waals surface area contributed by atoms with Gasteiger partial charge in [0, 0.05) is 43.2 Å². The lowest BCUT2D eigenvalue weighted by Crippen LogP contribution is -2.55. The third-order valence-electron chi connectivity index (χ3n) is 9.03. The molecule has 40 heavy (non-hydrogen) atoms. The van der Waals surface area contributed by atoms with Gasteiger partial charge in [0.15, 0.2) is 0 Å². The number of aliphatic hydroxyl groups is 1. The monoisotopic (exact) mass is 567 g/mol. The highest BCUT2D eigenvalue weighted by Gasteiger charge is 2.77. The van der Waals surface area contributed by atoms with E-state index in [9.17, 15) is 19.5 Å². The minimum absolute atomic E-state index is 0.00206. The lowest BCUT2D eigenvalue weighted by atomic mass is 9.66. The van der Waals surface area contributed by atoms with Gasteiger partial charge in [-0.2, -0.15) is 0 Å². The minimum Gasteiger partial charge on any atom is -0.396 e. The molecule has 1 N–H and O–H groups in total. The Morgan fingerprint density at radius 1 is 1.12 bits per heavy atom. The third kappa shape index (κ3) is 4.91. The van der Waals surface area contributed by atoms with Crippen LogP contribution in [0.3, 0.4) is 0 Å². The number of hydrogen-bond acceptors (Lipinski definition) is 5. The van der Waals surface area contributed by atoms with Crippen molar-refractivity contribution in [2.75, 3.05) is 37.7 Å². The molecule has 3 saturated heterocycles. The van der Waals surface area contributed by atoms with Crippen molar-refractivity contribution in [1.29, 1.82) is 0 Å². The standard InChI is InChI=1S/C32H45N3O4S/c1-7-17-33(18-8-2)28(37)24-25-29(38)35(20-10-11-21-36)27(32(25)16-15-31(24,6)40-32)30(39)34(19-9-3)26-22(4)13-12-14-23(26)5/h7,9,12-14,24-25,27,36H,1,3,8,10-11,15-21H2,2,4-6H3/t24-,25-,27?,31+,32?/m0/s1. The van der Waals surface area contributed by atoms with E-state index in [0.29, 0.717) is 45.4 Å². The molecule has 4 rings (SSSR count). The second kappa shape index (κ2) is 12.1. The quantitative estimate of drug-likeness (QED) is 0.280. The zero-order valence-electron chi connectivity index (χ0n) is 24.5. The highest BCUT2D eigenvalue weighted by molar-refractivity contribution is 8.02. The van der Waals surface area contributed by atoms with E-state index >= 15 is 0 Å². The number of carbonyl (C=O) groups is 3. The maximum absolute atomic E-state index is 14.8. The van der Waals surface area contributed by atoms with E-state index in [0.717, 1.165) is 29.7 Å². The Labute approximate surface area is 243 Å². The lowest BCUT2D eigenvalue weighted by molar-refractivity contribution is -0.145. The number of amides is 3. The molecule has 2 unspecified atom stereocenters. The topological polar surface area (TPSA) is 81.2 Å². The first-order chi connectivity index (χ1) is 19.1. The second-order valence-corrected chi connectivity index (χ2v) is 13.6. The summed E-state index contributed by atoms with van der Waals surface area (Å²) in [6, 6.07) is 5.29. The average Bonchev–Trinajstić information content (AvgIpc) is 3.48. The summed E-state index contributed by atoms with van der Waals surface area (Å²) < 4.78 is -1.09. The van der Waals surface area contributed by atoms with Crippen LogP contribution in [-0.2, 0) is 14.4 Å². The van der Waals surface area contributed by atoms with Crippen LogP contribution in [0.5, 0.6) is 0 Å². The number of rotatable bonds is 13. The van der Waals surface area contributed by atoms with Gasteiger partial charge >= 0.3 is 0 Å². The van der Waals surface area contributed by atoms with Crippen molar-refractivity contribution in [3.63, 3.8) is 0 Å². The molecule has 5 atom stereocenters. The molecule has 3 fully saturated rings. The van der Waals surface area contributed by atoms with E-state index < -0.39 is 27.4 Å². The van der Waals surface area contributed by atoms with Gasteiger partial charge in [-0.15, -0.1) is 24.9 Å². The SMILES string of the molecule is C=CCN(CCC)C(=O)[C@@H]1[C@H]2C(=O)N(CCCCO)C(C(=O)N(CC=C)c3c(C)cccc3C)C23CC[C@@]1(C)S3. The van der Waals surface area contributed by atoms with Crippen LogP contribution in [-0.4, -0.2) is 80.9 Å². The Kier molecular flexibility index (Phi) is 9.20. The zero-order valence-corrected chi connectivity index (χ0v) is 25.3. The number of nitrogens with zero attached hydrogens (tertiary/aromatic N) is 3. The smallest absolute Gasteiger partial charge is 0.251 e. The molecular weight excluding hydrogens is 522 g/mol. The van der Waals surface area contributed by atoms with Crippen molar-refractivity contribution >= 4 is 35.2 Å². The molecule has 3 heterocycles. The summed E-state index contributed by atoms with van der Waals surface area (Å²) in [5.74, 6) is -1.26. The van der Waals surface area contributed by atoms with E-state index in [1.807, 2.05) is 43.9 Å². The van der Waals surface area contributed by atoms with Crippen LogP contribution < -0.4 is 4.90 Å². The number of fused-ring (bicyclic) bond motifs is 1. The Balaban J connectivity index is 1.82. The summed E-state index contributed by atoms with van der Waals surface area (Å²) in [6.07, 6.45) is 6.94. The average molecular weight is 568 g/mol. The molecule has 1 aromatic carbocycles. The van der Waals surface area contributed by atoms with E-state index in [2.05, 4.69) is 20.1 Å². The van der Waals surface area contributed by atoms with Crippen LogP contribution in [0.4, 0.5) is 5.69 Å². The van der Waals surface area contributed by atoms with Crippen molar-refractivity contribution in [1.82, 2.24) is 9.80 Å². The number of carbonyl (C=O) groups excluding carboxylic acids is 3. The summed E-state index contributed by atoms with van der Waals surface area (Å²) in [5.41, 5.74) is 2.83. The largest absolute Gasteiger partial charge is 0.396 e. The van der Waals surface area contributed by atoms with Gasteiger partial charge in [-0.1, -0.05) is 37.3 Å². The van der Waals surface area contributed by atoms with Crippen LogP contribution in [0.1, 0.15) is 57.1 Å². The van der Waals surface area contributed by atoms with E-state index in [1.54, 1.807) is 33.7 Å². The molecule has 2 bridgehead atoms. The van der Waals surface area contributed by atoms with Crippen molar-refractivity contribution in [2.24, 2.45) is 11.8 Å². The highest BCUT2D eigenvalue weighted by atomic mass is 32.2. The van der Waals surface area contributed by atoms with Crippen LogP contribution in [0.25, 0.3) is 0 Å². The highest BCUT2D eigenvalue weighted by Crippen LogP contribution is 2.71. The van der Waals surface area contributed by atoms with Crippen LogP contribution in [0, 0.1) is 25.7 Å². The van der Waals surface area contributed by atoms with Gasteiger partial charge < -0.3 is 19.8 Å². The normalized spacial score (nSPS) is 28.5. The summed E-state index contributed by atoms with van der Waals surface area (Å²) >= 11 is 1.71. The number of aryl methyl sites for hydroxylation is 2. The van der Waals surface area contributed by atoms with Crippen LogP contribution in [0.2, 0.25) is 0 Å². The molecule has 1 spiro atoms. The molecule has 8 heteroatoms. The number of hydrogen-bond donors (Lipinski definition) is 1. The first kappa shape index (κ1) is 30.4. The molecule has 0 saturated carbocycles. The Hall–Kier alpha value is -2.58. The third-order valence-corrected chi connectivity index (χ3v) is 11.0. The first-order valence-corrected chi connectivity index (χ1v) is 15.4. The van der Waals surface area contributed by atoms with Gasteiger partial charge in [0.25, 0.3) is 5.91 Å². The summed E-state index contributed by atoms with van der Waals surface area (Å²) in [4.78, 5) is 48.7. The van der Waals surface area contributed by atoms with Gasteiger partial charge in [-0.25, -0.2) is 0 Å². The lowest BCUT2D eigenvalue weighted by Gasteiger charge is -2.38. The summed E-state index contributed by atoms with van der Waals surface area (Å²) in [6.45, 7) is 17.7. The zero-order chi connectivity index (χ0) is 29.2. The second-order valence-electron chi connectivity index (χ2n) is 11.7. The fraction of sp³-hybridized carbons (Fsp3) is 0.594. The Morgan fingerprint density at radius 2 is 1.80 bits per heavy atom. The molecule has 0 aliphatic carbocycles. The number of thioether (sulfide) groups is 1. The number of anilines is 1. The maximum Gasteiger partial charge on any atom is 0.251 e. The first-order valence-electron chi connectivity index (χ1n) is 14.6. The van der Waals surface area contributed by atoms with Gasteiger partial charge in [0.2, 0.25) is 11.8 Å². The van der Waals surface area contributed by atoms with Gasteiger partial charge in [-0.3, -0.25) is 14.4 Å². The number of para-hydroxylation sites is 1. The van der Waals surface area contributed by atoms with Crippen molar-refractivity contribution in [2.45, 2.75) is 75.3 Å². The minimum atomic E-state index is -0.689. The van der Waals surface area contributed by atoms with Crippen LogP contribution in [0.15, 0.2) is 43.5 Å². The summed E-state index contributed by atoms with van der Waals surface area (Å²) in [7, 11) is 0. The predicted octanol–water partition coefficient (Wildman–Crippen LogP) is 4.50. The van der Waals surface area contributed by atoms with Gasteiger partial charge in [0.1, 0.15) is 6.04 Å². The number of benzene rings is 1. The van der Waals surface area contributed by atoms with Crippen molar-refractivity contribution in [3.05, 3.63) is 54.6 Å². The predicted molar refractivity (Wildman–Crippen MR) is 162 cm³/mol. The number of likely N-dealkylation sites (tertiary alicyclic amines) is 1. The maximum atomic E-state index is 14.8. The molecule has 0 aromatic heterocycles. The number of unbranched alkanes of at least 4 members (excludes halogenated alkanes) is 1. The summed E-state index contributed by atoms with van der Waals surface area (Å²) in [5, 5.41) is 9.47. The molecular formula is C32H45N3O4S. The van der Waals surface area contributed by atoms with E-state index in [-0.39, 0.29) is 24.3 Å². The van der Waals surface area contributed by atoms with Crippen molar-refractivity contribution < 1.29 is 19.5 Å². The molecule has 0 radical (unpaired) electrons. The van der Waals surface area contributed by atoms with E-state index in [1.165, 1.54) is 0 Å².